The van der Waals surface area contributed by atoms with Crippen LogP contribution < -0.4 is 9.47 Å². The highest BCUT2D eigenvalue weighted by Gasteiger charge is 2.10. The number of nitrogens with zero attached hydrogens (tertiary/aromatic N) is 4. The lowest BCUT2D eigenvalue weighted by Gasteiger charge is -2.11. The molecule has 0 saturated heterocycles. The molecule has 0 bridgehead atoms. The summed E-state index contributed by atoms with van der Waals surface area (Å²) >= 11 is 3.45. The Balaban J connectivity index is 2.31. The van der Waals surface area contributed by atoms with Crippen LogP contribution in [0.5, 0.6) is 11.5 Å². The van der Waals surface area contributed by atoms with Gasteiger partial charge in [0.1, 0.15) is 12.7 Å². The van der Waals surface area contributed by atoms with E-state index in [-0.39, 0.29) is 0 Å². The van der Waals surface area contributed by atoms with E-state index in [0.717, 1.165) is 10.0 Å². The Morgan fingerprint density at radius 1 is 1.37 bits per heavy atom. The van der Waals surface area contributed by atoms with E-state index in [1.165, 1.54) is 17.3 Å². The topological polar surface area (TPSA) is 61.5 Å². The van der Waals surface area contributed by atoms with Crippen molar-refractivity contribution in [2.45, 2.75) is 6.92 Å². The van der Waals surface area contributed by atoms with Gasteiger partial charge in [-0.15, -0.1) is 10.2 Å². The van der Waals surface area contributed by atoms with Crippen LogP contribution in [0.25, 0.3) is 0 Å². The molecule has 0 spiro atoms. The maximum absolute atomic E-state index is 5.54. The number of benzene rings is 1. The number of hydrogen-bond acceptors (Lipinski definition) is 5. The molecule has 1 aromatic carbocycles. The summed E-state index contributed by atoms with van der Waals surface area (Å²) in [5, 5.41) is 11.5. The fourth-order valence-corrected chi connectivity index (χ4v) is 2.13. The van der Waals surface area contributed by atoms with E-state index in [1.54, 1.807) is 13.3 Å². The first-order valence-electron chi connectivity index (χ1n) is 5.64. The first-order chi connectivity index (χ1) is 9.24. The molecule has 2 aromatic rings. The summed E-state index contributed by atoms with van der Waals surface area (Å²) in [6.45, 7) is 2.49. The van der Waals surface area contributed by atoms with E-state index in [1.807, 2.05) is 19.1 Å². The van der Waals surface area contributed by atoms with Crippen LogP contribution in [0.15, 0.2) is 34.4 Å². The first-order valence-corrected chi connectivity index (χ1v) is 6.43. The molecule has 0 aliphatic carbocycles. The molecule has 2 rings (SSSR count). The van der Waals surface area contributed by atoms with Crippen molar-refractivity contribution in [1.29, 1.82) is 0 Å². The van der Waals surface area contributed by atoms with Gasteiger partial charge < -0.3 is 9.47 Å². The standard InChI is InChI=1S/C12H13BrN4O2/c1-3-19-11-5-9(4-10(13)12(11)18-2)6-16-17-7-14-15-8-17/h4-8H,3H2,1-2H3/b16-6+. The molecule has 0 radical (unpaired) electrons. The lowest BCUT2D eigenvalue weighted by Crippen LogP contribution is -1.98. The van der Waals surface area contributed by atoms with E-state index < -0.39 is 0 Å². The normalized spacial score (nSPS) is 10.9. The third-order valence-corrected chi connectivity index (χ3v) is 2.87. The smallest absolute Gasteiger partial charge is 0.174 e. The van der Waals surface area contributed by atoms with Crippen molar-refractivity contribution in [1.82, 2.24) is 14.9 Å². The molecule has 19 heavy (non-hydrogen) atoms. The van der Waals surface area contributed by atoms with Crippen LogP contribution in [0.2, 0.25) is 0 Å². The van der Waals surface area contributed by atoms with Gasteiger partial charge in [-0.2, -0.15) is 5.10 Å². The van der Waals surface area contributed by atoms with Crippen LogP contribution in [0.3, 0.4) is 0 Å². The quantitative estimate of drug-likeness (QED) is 0.792. The van der Waals surface area contributed by atoms with Crippen molar-refractivity contribution in [2.24, 2.45) is 5.10 Å². The molecule has 0 saturated carbocycles. The molecular formula is C12H13BrN4O2. The van der Waals surface area contributed by atoms with Crippen LogP contribution in [-0.4, -0.2) is 34.8 Å². The molecular weight excluding hydrogens is 312 g/mol. The predicted molar refractivity (Wildman–Crippen MR) is 74.9 cm³/mol. The number of aromatic nitrogens is 3. The van der Waals surface area contributed by atoms with E-state index in [0.29, 0.717) is 18.1 Å². The number of hydrogen-bond donors (Lipinski definition) is 0. The number of methoxy groups -OCH3 is 1. The summed E-state index contributed by atoms with van der Waals surface area (Å²) in [5.74, 6) is 1.34. The van der Waals surface area contributed by atoms with Gasteiger partial charge in [0, 0.05) is 0 Å². The van der Waals surface area contributed by atoms with E-state index in [9.17, 15) is 0 Å². The molecule has 6 nitrogen and oxygen atoms in total. The first kappa shape index (κ1) is 13.5. The minimum Gasteiger partial charge on any atom is -0.492 e. The summed E-state index contributed by atoms with van der Waals surface area (Å²) in [5.41, 5.74) is 0.879. The van der Waals surface area contributed by atoms with Crippen LogP contribution in [0, 0.1) is 0 Å². The van der Waals surface area contributed by atoms with Gasteiger partial charge in [0.15, 0.2) is 11.5 Å². The Morgan fingerprint density at radius 2 is 2.11 bits per heavy atom. The van der Waals surface area contributed by atoms with Crippen LogP contribution >= 0.6 is 15.9 Å². The van der Waals surface area contributed by atoms with Gasteiger partial charge in [0.25, 0.3) is 0 Å². The molecule has 100 valence electrons. The Kier molecular flexibility index (Phi) is 4.51. The van der Waals surface area contributed by atoms with Crippen LogP contribution in [0.1, 0.15) is 12.5 Å². The third kappa shape index (κ3) is 3.31. The van der Waals surface area contributed by atoms with Gasteiger partial charge in [-0.05, 0) is 40.5 Å². The molecule has 0 unspecified atom stereocenters. The molecule has 1 heterocycles. The van der Waals surface area contributed by atoms with Gasteiger partial charge in [-0.1, -0.05) is 0 Å². The zero-order valence-corrected chi connectivity index (χ0v) is 12.2. The highest BCUT2D eigenvalue weighted by atomic mass is 79.9. The molecule has 0 amide bonds. The van der Waals surface area contributed by atoms with Gasteiger partial charge in [0.05, 0.1) is 24.4 Å². The molecule has 0 N–H and O–H groups in total. The largest absolute Gasteiger partial charge is 0.492 e. The number of halogens is 1. The summed E-state index contributed by atoms with van der Waals surface area (Å²) in [4.78, 5) is 0. The van der Waals surface area contributed by atoms with Crippen molar-refractivity contribution in [3.05, 3.63) is 34.8 Å². The maximum Gasteiger partial charge on any atom is 0.174 e. The van der Waals surface area contributed by atoms with Gasteiger partial charge >= 0.3 is 0 Å². The van der Waals surface area contributed by atoms with Crippen molar-refractivity contribution >= 4 is 22.1 Å². The van der Waals surface area contributed by atoms with E-state index in [2.05, 4.69) is 31.2 Å². The number of ether oxygens (including phenoxy) is 2. The Bertz CT molecular complexity index is 569. The Morgan fingerprint density at radius 3 is 2.74 bits per heavy atom. The maximum atomic E-state index is 5.54. The Labute approximate surface area is 119 Å². The summed E-state index contributed by atoms with van der Waals surface area (Å²) in [6, 6.07) is 3.76. The molecule has 1 aromatic heterocycles. The lowest BCUT2D eigenvalue weighted by molar-refractivity contribution is 0.310. The fraction of sp³-hybridized carbons (Fsp3) is 0.250. The molecule has 7 heteroatoms. The average molecular weight is 325 g/mol. The van der Waals surface area contributed by atoms with E-state index >= 15 is 0 Å². The lowest BCUT2D eigenvalue weighted by atomic mass is 10.2. The minimum absolute atomic E-state index is 0.564. The van der Waals surface area contributed by atoms with Crippen molar-refractivity contribution < 1.29 is 9.47 Å². The second-order valence-electron chi connectivity index (χ2n) is 3.55. The van der Waals surface area contributed by atoms with Gasteiger partial charge in [0.2, 0.25) is 0 Å². The third-order valence-electron chi connectivity index (χ3n) is 2.28. The SMILES string of the molecule is CCOc1cc(/C=N/n2cnnc2)cc(Br)c1OC. The molecule has 0 fully saturated rings. The van der Waals surface area contributed by atoms with Gasteiger partial charge in [-0.25, -0.2) is 4.68 Å². The second kappa shape index (κ2) is 6.33. The van der Waals surface area contributed by atoms with Crippen LogP contribution in [0.4, 0.5) is 0 Å². The minimum atomic E-state index is 0.564. The molecule has 0 atom stereocenters. The van der Waals surface area contributed by atoms with Crippen LogP contribution in [-0.2, 0) is 0 Å². The molecule has 0 aliphatic rings. The fourth-order valence-electron chi connectivity index (χ4n) is 1.51. The monoisotopic (exact) mass is 324 g/mol. The predicted octanol–water partition coefficient (Wildman–Crippen LogP) is 2.33. The van der Waals surface area contributed by atoms with Gasteiger partial charge in [-0.3, -0.25) is 0 Å². The summed E-state index contributed by atoms with van der Waals surface area (Å²) in [7, 11) is 1.60. The summed E-state index contributed by atoms with van der Waals surface area (Å²) in [6.07, 6.45) is 4.72. The second-order valence-corrected chi connectivity index (χ2v) is 4.41. The van der Waals surface area contributed by atoms with Crippen molar-refractivity contribution in [2.75, 3.05) is 13.7 Å². The highest BCUT2D eigenvalue weighted by Crippen LogP contribution is 2.36. The van der Waals surface area contributed by atoms with Crippen molar-refractivity contribution in [3.8, 4) is 11.5 Å². The zero-order valence-electron chi connectivity index (χ0n) is 10.6. The average Bonchev–Trinajstić information content (AvgIpc) is 2.90. The van der Waals surface area contributed by atoms with E-state index in [4.69, 9.17) is 9.47 Å². The van der Waals surface area contributed by atoms with Crippen molar-refractivity contribution in [3.63, 3.8) is 0 Å². The zero-order chi connectivity index (χ0) is 13.7. The Hall–Kier alpha value is -1.89. The summed E-state index contributed by atoms with van der Waals surface area (Å²) < 4.78 is 13.2. The molecule has 0 aliphatic heterocycles. The number of rotatable bonds is 5. The highest BCUT2D eigenvalue weighted by molar-refractivity contribution is 9.10.